The minimum Gasteiger partial charge on any atom is -0.477 e. The van der Waals surface area contributed by atoms with Crippen LogP contribution >= 0.6 is 11.3 Å². The molecule has 0 spiro atoms. The van der Waals surface area contributed by atoms with E-state index in [4.69, 9.17) is 4.74 Å². The average Bonchev–Trinajstić information content (AvgIpc) is 2.73. The Labute approximate surface area is 116 Å². The van der Waals surface area contributed by atoms with Gasteiger partial charge in [0.05, 0.1) is 6.61 Å². The second kappa shape index (κ2) is 6.17. The first-order valence-electron chi connectivity index (χ1n) is 6.41. The first-order chi connectivity index (χ1) is 9.09. The van der Waals surface area contributed by atoms with Crippen molar-refractivity contribution in [2.75, 3.05) is 6.61 Å². The van der Waals surface area contributed by atoms with Gasteiger partial charge in [-0.3, -0.25) is 0 Å². The molecule has 1 heterocycles. The van der Waals surface area contributed by atoms with E-state index in [-0.39, 0.29) is 0 Å². The molecule has 0 unspecified atom stereocenters. The van der Waals surface area contributed by atoms with Crippen molar-refractivity contribution in [2.45, 2.75) is 26.9 Å². The third kappa shape index (κ3) is 3.33. The molecule has 1 aromatic carbocycles. The summed E-state index contributed by atoms with van der Waals surface area (Å²) >= 11 is 1.32. The minimum absolute atomic E-state index is 0.373. The van der Waals surface area contributed by atoms with Crippen LogP contribution in [0.4, 0.5) is 0 Å². The highest BCUT2D eigenvalue weighted by Gasteiger charge is 2.17. The normalized spacial score (nSPS) is 11.3. The lowest BCUT2D eigenvalue weighted by atomic mass is 10.1. The third-order valence-electron chi connectivity index (χ3n) is 2.98. The number of ether oxygens (including phenoxy) is 1. The Bertz CT molecular complexity index is 572. The van der Waals surface area contributed by atoms with Crippen LogP contribution in [0.2, 0.25) is 0 Å². The second-order valence-corrected chi connectivity index (χ2v) is 6.00. The summed E-state index contributed by atoms with van der Waals surface area (Å²) in [5.74, 6) is -0.276. The van der Waals surface area contributed by atoms with Gasteiger partial charge in [0.25, 0.3) is 0 Å². The number of benzene rings is 1. The molecule has 0 bridgehead atoms. The number of fused-ring (bicyclic) bond motifs is 1. The van der Waals surface area contributed by atoms with Crippen LogP contribution in [0.25, 0.3) is 10.1 Å². The van der Waals surface area contributed by atoms with Gasteiger partial charge in [-0.15, -0.1) is 11.3 Å². The number of thiophene rings is 1. The number of hydrogen-bond acceptors (Lipinski definition) is 3. The summed E-state index contributed by atoms with van der Waals surface area (Å²) in [5, 5.41) is 10.3. The Morgan fingerprint density at radius 2 is 2.11 bits per heavy atom. The quantitative estimate of drug-likeness (QED) is 0.807. The van der Waals surface area contributed by atoms with Crippen molar-refractivity contribution < 1.29 is 14.6 Å². The number of carboxylic acids is 1. The van der Waals surface area contributed by atoms with Crippen molar-refractivity contribution in [3.63, 3.8) is 0 Å². The van der Waals surface area contributed by atoms with Crippen molar-refractivity contribution in [1.29, 1.82) is 0 Å². The van der Waals surface area contributed by atoms with Crippen LogP contribution in [0.5, 0.6) is 0 Å². The van der Waals surface area contributed by atoms with E-state index in [9.17, 15) is 9.90 Å². The zero-order valence-electron chi connectivity index (χ0n) is 11.2. The molecule has 4 heteroatoms. The predicted octanol–water partition coefficient (Wildman–Crippen LogP) is 4.16. The van der Waals surface area contributed by atoms with Crippen molar-refractivity contribution >= 4 is 27.4 Å². The van der Waals surface area contributed by atoms with Crippen molar-refractivity contribution in [3.05, 3.63) is 34.7 Å². The van der Waals surface area contributed by atoms with E-state index in [0.29, 0.717) is 24.0 Å². The Morgan fingerprint density at radius 1 is 1.37 bits per heavy atom. The van der Waals surface area contributed by atoms with Crippen LogP contribution in [0.1, 0.15) is 35.5 Å². The molecular weight excluding hydrogens is 260 g/mol. The molecule has 0 amide bonds. The highest BCUT2D eigenvalue weighted by Crippen LogP contribution is 2.31. The maximum atomic E-state index is 11.3. The highest BCUT2D eigenvalue weighted by atomic mass is 32.1. The van der Waals surface area contributed by atoms with Crippen molar-refractivity contribution in [3.8, 4) is 0 Å². The van der Waals surface area contributed by atoms with E-state index in [1.165, 1.54) is 11.3 Å². The summed E-state index contributed by atoms with van der Waals surface area (Å²) in [6.07, 6.45) is 0.991. The second-order valence-electron chi connectivity index (χ2n) is 4.95. The monoisotopic (exact) mass is 278 g/mol. The van der Waals surface area contributed by atoms with Crippen LogP contribution < -0.4 is 0 Å². The molecule has 0 atom stereocenters. The topological polar surface area (TPSA) is 46.5 Å². The highest BCUT2D eigenvalue weighted by molar-refractivity contribution is 7.21. The molecule has 0 saturated heterocycles. The lowest BCUT2D eigenvalue weighted by Gasteiger charge is -2.06. The van der Waals surface area contributed by atoms with E-state index in [1.807, 2.05) is 24.3 Å². The van der Waals surface area contributed by atoms with Crippen molar-refractivity contribution in [1.82, 2.24) is 0 Å². The minimum atomic E-state index is -0.872. The number of aromatic carboxylic acids is 1. The largest absolute Gasteiger partial charge is 0.477 e. The predicted molar refractivity (Wildman–Crippen MR) is 77.9 cm³/mol. The fourth-order valence-corrected chi connectivity index (χ4v) is 2.96. The van der Waals surface area contributed by atoms with Gasteiger partial charge in [-0.05, 0) is 23.8 Å². The van der Waals surface area contributed by atoms with Gasteiger partial charge in [-0.25, -0.2) is 4.79 Å². The van der Waals surface area contributed by atoms with Gasteiger partial charge in [0, 0.05) is 16.9 Å². The summed E-state index contributed by atoms with van der Waals surface area (Å²) < 4.78 is 6.63. The van der Waals surface area contributed by atoms with Crippen LogP contribution in [0.15, 0.2) is 24.3 Å². The standard InChI is InChI=1S/C15H18O3S/c1-10(2)7-8-18-9-12-11-5-3-4-6-13(11)19-14(12)15(16)17/h3-6,10H,7-9H2,1-2H3,(H,16,17). The fraction of sp³-hybridized carbons (Fsp3) is 0.400. The number of carbonyl (C=O) groups is 1. The zero-order valence-corrected chi connectivity index (χ0v) is 12.0. The molecule has 19 heavy (non-hydrogen) atoms. The van der Waals surface area contributed by atoms with E-state index in [2.05, 4.69) is 13.8 Å². The van der Waals surface area contributed by atoms with Gasteiger partial charge in [0.2, 0.25) is 0 Å². The SMILES string of the molecule is CC(C)CCOCc1c(C(=O)O)sc2ccccc12. The third-order valence-corrected chi connectivity index (χ3v) is 4.18. The maximum Gasteiger partial charge on any atom is 0.346 e. The van der Waals surface area contributed by atoms with Crippen molar-refractivity contribution in [2.24, 2.45) is 5.92 Å². The number of hydrogen-bond donors (Lipinski definition) is 1. The van der Waals surface area contributed by atoms with Crippen LogP contribution in [0, 0.1) is 5.92 Å². The smallest absolute Gasteiger partial charge is 0.346 e. The molecule has 1 aromatic heterocycles. The van der Waals surface area contributed by atoms with Gasteiger partial charge in [-0.2, -0.15) is 0 Å². The molecular formula is C15H18O3S. The van der Waals surface area contributed by atoms with Gasteiger partial charge < -0.3 is 9.84 Å². The van der Waals surface area contributed by atoms with Crippen LogP contribution in [-0.2, 0) is 11.3 Å². The molecule has 0 radical (unpaired) electrons. The molecule has 0 aliphatic carbocycles. The first-order valence-corrected chi connectivity index (χ1v) is 7.22. The van der Waals surface area contributed by atoms with Gasteiger partial charge in [-0.1, -0.05) is 32.0 Å². The molecule has 2 aromatic rings. The van der Waals surface area contributed by atoms with E-state index in [1.54, 1.807) is 0 Å². The molecule has 3 nitrogen and oxygen atoms in total. The molecule has 0 fully saturated rings. The first kappa shape index (κ1) is 14.0. The maximum absolute atomic E-state index is 11.3. The number of carboxylic acid groups (broad SMARTS) is 1. The summed E-state index contributed by atoms with van der Waals surface area (Å²) in [7, 11) is 0. The van der Waals surface area contributed by atoms with Gasteiger partial charge in [0.1, 0.15) is 4.88 Å². The molecule has 1 N–H and O–H groups in total. The Hall–Kier alpha value is -1.39. The van der Waals surface area contributed by atoms with Gasteiger partial charge >= 0.3 is 5.97 Å². The molecule has 0 aliphatic rings. The Balaban J connectivity index is 2.19. The molecule has 0 aliphatic heterocycles. The van der Waals surface area contributed by atoms with Gasteiger partial charge in [0.15, 0.2) is 0 Å². The average molecular weight is 278 g/mol. The van der Waals surface area contributed by atoms with Crippen LogP contribution in [-0.4, -0.2) is 17.7 Å². The lowest BCUT2D eigenvalue weighted by Crippen LogP contribution is -2.03. The molecule has 0 saturated carbocycles. The Kier molecular flexibility index (Phi) is 4.56. The molecule has 102 valence electrons. The molecule has 2 rings (SSSR count). The summed E-state index contributed by atoms with van der Waals surface area (Å²) in [4.78, 5) is 11.7. The van der Waals surface area contributed by atoms with E-state index >= 15 is 0 Å². The van der Waals surface area contributed by atoms with E-state index < -0.39 is 5.97 Å². The Morgan fingerprint density at radius 3 is 2.79 bits per heavy atom. The summed E-state index contributed by atoms with van der Waals surface area (Å²) in [5.41, 5.74) is 0.803. The van der Waals surface area contributed by atoms with E-state index in [0.717, 1.165) is 22.1 Å². The lowest BCUT2D eigenvalue weighted by molar-refractivity contribution is 0.0692. The number of rotatable bonds is 6. The summed E-state index contributed by atoms with van der Waals surface area (Å²) in [6, 6.07) is 7.76. The van der Waals surface area contributed by atoms with Crippen LogP contribution in [0.3, 0.4) is 0 Å². The summed E-state index contributed by atoms with van der Waals surface area (Å²) in [6.45, 7) is 5.33. The fourth-order valence-electron chi connectivity index (χ4n) is 1.91. The zero-order chi connectivity index (χ0) is 13.8.